The molecule has 28 heteroatoms. The smallest absolute Gasteiger partial charge is 0.870 e. The van der Waals surface area contributed by atoms with E-state index in [1.54, 1.807) is 0 Å². The molecule has 8 N–H and O–H groups in total. The largest absolute Gasteiger partial charge is 1.00 e. The van der Waals surface area contributed by atoms with Crippen LogP contribution in [0.5, 0.6) is 0 Å². The average molecular weight is 1590 g/mol. The first-order valence-corrected chi connectivity index (χ1v) is 42.4. The predicted molar refractivity (Wildman–Crippen MR) is 431 cm³/mol. The van der Waals surface area contributed by atoms with Crippen LogP contribution >= 0.6 is 11.6 Å². The van der Waals surface area contributed by atoms with Crippen LogP contribution in [0.1, 0.15) is 254 Å². The molecule has 10 atom stereocenters. The molecule has 3 aromatic heterocycles. The van der Waals surface area contributed by atoms with Crippen molar-refractivity contribution in [3.63, 3.8) is 0 Å². The van der Waals surface area contributed by atoms with Gasteiger partial charge in [-0.1, -0.05) is 144 Å². The van der Waals surface area contributed by atoms with Crippen molar-refractivity contribution in [3.05, 3.63) is 120 Å². The van der Waals surface area contributed by atoms with Crippen LogP contribution in [0, 0.1) is 0 Å². The van der Waals surface area contributed by atoms with Gasteiger partial charge in [-0.2, -0.15) is 0 Å². The molecule has 2 amide bonds. The van der Waals surface area contributed by atoms with Gasteiger partial charge in [-0.25, -0.2) is 15.0 Å². The Kier molecular flexibility index (Phi) is 34.3. The van der Waals surface area contributed by atoms with Gasteiger partial charge in [0, 0.05) is 105 Å². The number of nitrogens with one attached hydrogen (secondary N) is 3. The fraction of sp³-hybridized carbons (Fsp3) is 0.659. The van der Waals surface area contributed by atoms with Gasteiger partial charge in [-0.3, -0.25) is 58.4 Å². The number of carbonyl (C=O) groups excluding carboxylic acids is 4. The van der Waals surface area contributed by atoms with Gasteiger partial charge in [0.1, 0.15) is 30.7 Å². The van der Waals surface area contributed by atoms with Gasteiger partial charge in [0.25, 0.3) is 16.7 Å². The number of ether oxygens (including phenoxy) is 2. The molecule has 612 valence electrons. The molecule has 6 aliphatic heterocycles. The van der Waals surface area contributed by atoms with E-state index in [1.807, 2.05) is 86.5 Å². The summed E-state index contributed by atoms with van der Waals surface area (Å²) >= 11 is 6.23. The molecule has 0 radical (unpaired) electrons. The third kappa shape index (κ3) is 22.8. The molecule has 9 aliphatic rings. The number of hydrogen-bond acceptors (Lipinski definition) is 20. The minimum Gasteiger partial charge on any atom is -0.870 e. The Labute approximate surface area is 690 Å². The molecular formula is C85H121ClN13NaO13. The van der Waals surface area contributed by atoms with Crippen molar-refractivity contribution in [2.24, 2.45) is 5.73 Å². The Hall–Kier alpha value is -6.56. The van der Waals surface area contributed by atoms with Crippen molar-refractivity contribution in [2.75, 3.05) is 40.4 Å². The van der Waals surface area contributed by atoms with Gasteiger partial charge in [0.2, 0.25) is 11.8 Å². The number of para-hydroxylation sites is 6. The second-order valence-electron chi connectivity index (χ2n) is 32.6. The van der Waals surface area contributed by atoms with E-state index in [9.17, 15) is 38.4 Å². The number of fused-ring (bicyclic) bond motifs is 9. The summed E-state index contributed by atoms with van der Waals surface area (Å²) in [4.78, 5) is 119. The Morgan fingerprint density at radius 1 is 0.442 bits per heavy atom. The second-order valence-corrected chi connectivity index (χ2v) is 33.0. The summed E-state index contributed by atoms with van der Waals surface area (Å²) in [7, 11) is 2.56. The fourth-order valence-corrected chi connectivity index (χ4v) is 20.7. The van der Waals surface area contributed by atoms with Crippen molar-refractivity contribution in [1.82, 2.24) is 59.3 Å². The van der Waals surface area contributed by atoms with Crippen LogP contribution in [0.2, 0.25) is 5.15 Å². The number of nitrogens with two attached hydrogens (primary N) is 1. The number of benzene rings is 3. The Morgan fingerprint density at radius 2 is 0.743 bits per heavy atom. The quantitative estimate of drug-likeness (QED) is 0.0240. The van der Waals surface area contributed by atoms with Gasteiger partial charge in [-0.05, 0) is 152 Å². The summed E-state index contributed by atoms with van der Waals surface area (Å²) in [6, 6.07) is 29.6. The zero-order chi connectivity index (χ0) is 77.9. The first-order valence-electron chi connectivity index (χ1n) is 42.0. The van der Waals surface area contributed by atoms with Crippen LogP contribution in [0.25, 0.3) is 33.1 Å². The zero-order valence-electron chi connectivity index (χ0n) is 66.8. The number of carboxylic acids is 1. The number of halogens is 1. The van der Waals surface area contributed by atoms with E-state index in [2.05, 4.69) is 55.1 Å². The number of esters is 2. The van der Waals surface area contributed by atoms with Crippen molar-refractivity contribution in [3.8, 4) is 0 Å². The summed E-state index contributed by atoms with van der Waals surface area (Å²) in [5.41, 5.74) is 10.6. The van der Waals surface area contributed by atoms with E-state index >= 15 is 0 Å². The van der Waals surface area contributed by atoms with Crippen LogP contribution < -0.4 is 67.9 Å². The topological polar surface area (TPSA) is 351 Å². The predicted octanol–water partition coefficient (Wildman–Crippen LogP) is 7.89. The van der Waals surface area contributed by atoms with Gasteiger partial charge < -0.3 is 55.2 Å². The van der Waals surface area contributed by atoms with E-state index in [4.69, 9.17) is 27.5 Å². The summed E-state index contributed by atoms with van der Waals surface area (Å²) in [6.07, 6.45) is 41.8. The molecule has 4 unspecified atom stereocenters. The SMILES string of the molecule is COC(=O)CNC(=O)CCc1nc2ccccc2n(C2C[C@H]3CC[C@@H](C2)N3C2CCCCCCC2)c1=O.COC(=O)CNC(O)CN.O=C(O)CNC(=O)CCc1nc2ccccc2n(C2C[C@H]3CC[C@@H](C2)N3C2CCCCCCC2)c1=O.O=c1c(Cl)nc2ccccc2n1C1C[C@H]2CC[C@@H](C1)N2C1CCCCCCC1.[Na+].[OH-]. The third-order valence-electron chi connectivity index (χ3n) is 25.6. The maximum Gasteiger partial charge on any atom is 1.00 e. The van der Waals surface area contributed by atoms with Gasteiger partial charge in [0.15, 0.2) is 5.15 Å². The summed E-state index contributed by atoms with van der Waals surface area (Å²) in [6.45, 7) is -0.532. The maximum absolute atomic E-state index is 13.8. The van der Waals surface area contributed by atoms with E-state index in [1.165, 1.54) is 188 Å². The molecule has 6 bridgehead atoms. The van der Waals surface area contributed by atoms with Crippen LogP contribution in [-0.4, -0.2) is 190 Å². The monoisotopic (exact) mass is 1590 g/mol. The number of carboxylic acid groups (broad SMARTS) is 1. The van der Waals surface area contributed by atoms with Gasteiger partial charge in [0.05, 0.1) is 53.9 Å². The first-order chi connectivity index (χ1) is 54.0. The Morgan fingerprint density at radius 3 is 1.07 bits per heavy atom. The molecule has 26 nitrogen and oxygen atoms in total. The Balaban J connectivity index is 0.000000169. The van der Waals surface area contributed by atoms with Crippen LogP contribution in [0.3, 0.4) is 0 Å². The molecule has 6 aromatic rings. The molecular weight excluding hydrogens is 1470 g/mol. The average Bonchev–Trinajstić information content (AvgIpc) is 1.74. The standard InChI is InChI=1S/C29H40N4O4.C28H38N4O4.C23H30ClN3O.C5H12N2O3.Na.H2O/c1-37-28(35)19-30-27(34)16-15-25-29(36)33(26-12-8-7-11-24(26)31-25)23-17-21-13-14-22(18-23)32(21)20-9-5-3-2-4-6-10-20;33-26(29-18-27(34)35)15-14-24-28(36)32(25-11-7-6-10-23(25)30-24)22-16-20-12-13-21(17-22)31(20)19-8-4-2-1-3-5-9-19;24-22-23(28)27(21-11-7-6-10-20(21)25-22)19-14-17-12-13-18(15-19)26(17)16-8-4-2-1-3-5-9-16;1-10-5(9)3-7-4(8)2-6;;/h7-8,11-12,20-23H,2-6,9-10,13-19H2,1H3,(H,30,34);6-7,10-11,19-22H,1-5,8-9,12-18H2,(H,29,33)(H,34,35);6-7,10-11,16-19H,1-5,8-9,12-15H2;4,7-8H,2-3,6H2,1H3;;1H2/q;;;;+1;/p-1/t21-,22+,23?;20-,21+,22?;17-,18+,19?;;;. The summed E-state index contributed by atoms with van der Waals surface area (Å²) in [5, 5.41) is 25.0. The number of methoxy groups -OCH3 is 2. The minimum absolute atomic E-state index is 0. The molecule has 113 heavy (non-hydrogen) atoms. The number of aliphatic hydroxyl groups excluding tert-OH is 1. The van der Waals surface area contributed by atoms with E-state index in [0.717, 1.165) is 77.7 Å². The van der Waals surface area contributed by atoms with Crippen molar-refractivity contribution < 1.29 is 78.7 Å². The van der Waals surface area contributed by atoms with Crippen molar-refractivity contribution in [2.45, 2.75) is 316 Å². The summed E-state index contributed by atoms with van der Waals surface area (Å²) < 4.78 is 14.8. The number of aliphatic hydroxyl groups is 1. The normalized spacial score (nSPS) is 24.7. The minimum atomic E-state index is -1.09. The molecule has 3 saturated carbocycles. The first kappa shape index (κ1) is 88.8. The van der Waals surface area contributed by atoms with Crippen LogP contribution in [-0.2, 0) is 46.3 Å². The molecule has 3 aromatic carbocycles. The second kappa shape index (κ2) is 43.6. The molecule has 6 saturated heterocycles. The zero-order valence-corrected chi connectivity index (χ0v) is 69.6. The third-order valence-corrected chi connectivity index (χ3v) is 25.8. The molecule has 15 rings (SSSR count). The van der Waals surface area contributed by atoms with Crippen LogP contribution in [0.15, 0.2) is 87.2 Å². The number of carbonyl (C=O) groups is 5. The summed E-state index contributed by atoms with van der Waals surface area (Å²) in [5.74, 6) is -2.69. The molecule has 3 aliphatic carbocycles. The number of aryl methyl sites for hydroxylation is 2. The van der Waals surface area contributed by atoms with E-state index in [0.29, 0.717) is 59.7 Å². The van der Waals surface area contributed by atoms with Gasteiger partial charge >= 0.3 is 47.5 Å². The molecule has 0 spiro atoms. The maximum atomic E-state index is 13.8. The number of nitrogens with zero attached hydrogens (tertiary/aromatic N) is 9. The number of aromatic nitrogens is 6. The molecule has 9 fully saturated rings. The van der Waals surface area contributed by atoms with Gasteiger partial charge in [-0.15, -0.1) is 0 Å². The fourth-order valence-electron chi connectivity index (χ4n) is 20.5. The van der Waals surface area contributed by atoms with E-state index < -0.39 is 30.7 Å². The van der Waals surface area contributed by atoms with Crippen molar-refractivity contribution in [1.29, 1.82) is 0 Å². The number of hydrogen-bond donors (Lipinski definition) is 6. The Bertz CT molecular complexity index is 4270. The number of piperidine rings is 3. The number of amides is 2. The number of aliphatic carboxylic acids is 1. The van der Waals surface area contributed by atoms with Crippen molar-refractivity contribution >= 4 is 74.4 Å². The number of rotatable bonds is 20. The van der Waals surface area contributed by atoms with Crippen LogP contribution in [0.4, 0.5) is 0 Å². The van der Waals surface area contributed by atoms with E-state index in [-0.39, 0.29) is 132 Å². The molecule has 9 heterocycles.